The van der Waals surface area contributed by atoms with Gasteiger partial charge in [-0.1, -0.05) is 0 Å². The summed E-state index contributed by atoms with van der Waals surface area (Å²) >= 11 is 1.19. The first-order chi connectivity index (χ1) is 10.8. The molecule has 1 N–H and O–H groups in total. The van der Waals surface area contributed by atoms with Crippen LogP contribution in [0.2, 0.25) is 0 Å². The first-order valence-corrected chi connectivity index (χ1v) is 7.37. The average molecular weight is 335 g/mol. The van der Waals surface area contributed by atoms with Gasteiger partial charge in [0.2, 0.25) is 5.43 Å². The van der Waals surface area contributed by atoms with Crippen LogP contribution >= 0.6 is 11.8 Å². The van der Waals surface area contributed by atoms with Crippen LogP contribution in [0, 0.1) is 17.0 Å². The molecule has 0 amide bonds. The molecule has 0 atom stereocenters. The van der Waals surface area contributed by atoms with E-state index in [1.54, 1.807) is 0 Å². The van der Waals surface area contributed by atoms with E-state index in [4.69, 9.17) is 5.11 Å². The summed E-state index contributed by atoms with van der Waals surface area (Å²) in [6, 6.07) is 3.86. The molecule has 23 heavy (non-hydrogen) atoms. The lowest BCUT2D eigenvalue weighted by atomic mass is 10.0. The number of carbonyl (C=O) groups is 1. The monoisotopic (exact) mass is 335 g/mol. The topological polar surface area (TPSA) is 123 Å². The zero-order valence-corrected chi connectivity index (χ0v) is 12.5. The quantitative estimate of drug-likeness (QED) is 0.383. The number of fused-ring (bicyclic) bond motifs is 3. The van der Waals surface area contributed by atoms with E-state index in [1.807, 2.05) is 0 Å². The van der Waals surface area contributed by atoms with Crippen molar-refractivity contribution in [1.29, 1.82) is 0 Å². The molecule has 2 aromatic rings. The molecule has 9 heteroatoms. The van der Waals surface area contributed by atoms with Gasteiger partial charge in [0.15, 0.2) is 0 Å². The van der Waals surface area contributed by atoms with Gasteiger partial charge in [-0.25, -0.2) is 4.79 Å². The van der Waals surface area contributed by atoms with Gasteiger partial charge in [-0.15, -0.1) is 11.8 Å². The zero-order valence-electron chi connectivity index (χ0n) is 11.7. The lowest BCUT2D eigenvalue weighted by Crippen LogP contribution is -2.26. The van der Waals surface area contributed by atoms with Gasteiger partial charge in [0, 0.05) is 22.8 Å². The molecule has 0 unspecified atom stereocenters. The van der Waals surface area contributed by atoms with E-state index < -0.39 is 22.1 Å². The Balaban J connectivity index is 2.36. The van der Waals surface area contributed by atoms with Crippen molar-refractivity contribution in [2.45, 2.75) is 17.6 Å². The number of hydrogen-bond acceptors (Lipinski definition) is 6. The second-order valence-corrected chi connectivity index (χ2v) is 5.91. The number of thioether (sulfide) groups is 1. The first kappa shape index (κ1) is 15.1. The molecule has 0 radical (unpaired) electrons. The van der Waals surface area contributed by atoms with Gasteiger partial charge in [-0.3, -0.25) is 14.9 Å². The van der Waals surface area contributed by atoms with E-state index in [0.717, 1.165) is 0 Å². The summed E-state index contributed by atoms with van der Waals surface area (Å²) in [6.07, 6.45) is 0. The van der Waals surface area contributed by atoms with Gasteiger partial charge in [-0.2, -0.15) is 0 Å². The van der Waals surface area contributed by atoms with Crippen LogP contribution in [-0.4, -0.2) is 16.0 Å². The molecule has 1 aliphatic heterocycles. The third-order valence-corrected chi connectivity index (χ3v) is 4.67. The van der Waals surface area contributed by atoms with Crippen molar-refractivity contribution < 1.29 is 24.3 Å². The Morgan fingerprint density at radius 2 is 2.13 bits per heavy atom. The van der Waals surface area contributed by atoms with Crippen LogP contribution in [0.3, 0.4) is 0 Å². The van der Waals surface area contributed by atoms with Crippen LogP contribution in [0.5, 0.6) is 0 Å². The van der Waals surface area contributed by atoms with Crippen LogP contribution in [0.1, 0.15) is 21.7 Å². The normalized spacial score (nSPS) is 12.4. The predicted octanol–water partition coefficient (Wildman–Crippen LogP) is 1.64. The molecule has 0 spiro atoms. The number of rotatable bonds is 2. The number of benzene rings is 1. The molecule has 2 heterocycles. The van der Waals surface area contributed by atoms with Crippen molar-refractivity contribution in [2.75, 3.05) is 0 Å². The highest BCUT2D eigenvalue weighted by molar-refractivity contribution is 7.98. The number of nitro groups is 1. The number of aromatic carboxylic acids is 1. The van der Waals surface area contributed by atoms with Gasteiger partial charge in [0.05, 0.1) is 10.5 Å². The minimum atomic E-state index is -1.52. The van der Waals surface area contributed by atoms with E-state index in [-0.39, 0.29) is 28.3 Å². The minimum Gasteiger partial charge on any atom is -0.555 e. The fraction of sp³-hybridized carbons (Fsp3) is 0.143. The maximum absolute atomic E-state index is 12.4. The van der Waals surface area contributed by atoms with Crippen molar-refractivity contribution in [3.05, 3.63) is 55.4 Å². The van der Waals surface area contributed by atoms with Crippen molar-refractivity contribution in [3.63, 3.8) is 0 Å². The predicted molar refractivity (Wildman–Crippen MR) is 78.3 cm³/mol. The lowest BCUT2D eigenvalue weighted by Gasteiger charge is -2.21. The van der Waals surface area contributed by atoms with Gasteiger partial charge >= 0.3 is 11.7 Å². The van der Waals surface area contributed by atoms with Crippen LogP contribution in [0.4, 0.5) is 5.69 Å². The average Bonchev–Trinajstić information content (AvgIpc) is 2.50. The molecule has 3 rings (SSSR count). The van der Waals surface area contributed by atoms with Crippen LogP contribution in [0.25, 0.3) is 11.3 Å². The zero-order chi connectivity index (χ0) is 16.9. The third kappa shape index (κ3) is 2.16. The molecule has 0 saturated heterocycles. The van der Waals surface area contributed by atoms with Crippen molar-refractivity contribution in [3.8, 4) is 11.3 Å². The summed E-state index contributed by atoms with van der Waals surface area (Å²) in [5.74, 6) is -2.21. The van der Waals surface area contributed by atoms with Crippen LogP contribution < -0.4 is 10.7 Å². The van der Waals surface area contributed by atoms with Gasteiger partial charge < -0.3 is 14.6 Å². The molecule has 8 nitrogen and oxygen atoms in total. The highest BCUT2D eigenvalue weighted by Gasteiger charge is 2.35. The SMILES string of the molecule is Cc1c(C(=O)O)[o+]([O-])c2c(c1=O)CSc1cc([N+](=O)[O-])ccc1-2. The Hall–Kier alpha value is -2.81. The number of carboxylic acid groups (broad SMARTS) is 1. The van der Waals surface area contributed by atoms with E-state index >= 15 is 0 Å². The Morgan fingerprint density at radius 1 is 1.43 bits per heavy atom. The standard InChI is InChI=1S/C14H9NO7S/c1-6-11(16)9-5-23-10-4-7(15(19)20)2-3-8(10)13(9)22(21)12(6)14(17)18/h2-4H,5H2,1H3,(H,17,18). The second kappa shape index (κ2) is 5.13. The Morgan fingerprint density at radius 3 is 2.74 bits per heavy atom. The van der Waals surface area contributed by atoms with Crippen LogP contribution in [0.15, 0.2) is 32.1 Å². The third-order valence-electron chi connectivity index (χ3n) is 3.59. The molecular formula is C14H9NO7S. The number of nitrogens with zero attached hydrogens (tertiary/aromatic N) is 1. The van der Waals surface area contributed by atoms with E-state index in [2.05, 4.69) is 0 Å². The maximum atomic E-state index is 12.4. The highest BCUT2D eigenvalue weighted by Crippen LogP contribution is 2.43. The maximum Gasteiger partial charge on any atom is 0.428 e. The molecule has 118 valence electrons. The smallest absolute Gasteiger partial charge is 0.428 e. The number of carboxylic acids is 1. The number of nitro benzene ring substituents is 1. The Bertz CT molecular complexity index is 932. The molecule has 1 aliphatic rings. The fourth-order valence-corrected chi connectivity index (χ4v) is 3.58. The molecule has 0 aliphatic carbocycles. The van der Waals surface area contributed by atoms with Crippen LogP contribution in [-0.2, 0) is 5.75 Å². The largest absolute Gasteiger partial charge is 0.555 e. The van der Waals surface area contributed by atoms with Gasteiger partial charge in [0.25, 0.3) is 11.4 Å². The Kier molecular flexibility index (Phi) is 3.37. The Labute approximate surface area is 132 Å². The summed E-state index contributed by atoms with van der Waals surface area (Å²) in [5, 5.41) is 32.4. The highest BCUT2D eigenvalue weighted by atomic mass is 32.2. The molecule has 1 aromatic carbocycles. The lowest BCUT2D eigenvalue weighted by molar-refractivity contribution is -0.694. The first-order valence-electron chi connectivity index (χ1n) is 6.38. The number of non-ortho nitro benzene ring substituents is 1. The summed E-state index contributed by atoms with van der Waals surface area (Å²) in [5.41, 5.74) is -0.328. The molecule has 0 fully saturated rings. The van der Waals surface area contributed by atoms with E-state index in [1.165, 1.54) is 41.1 Å². The van der Waals surface area contributed by atoms with Gasteiger partial charge in [0.1, 0.15) is 11.1 Å². The molecule has 1 aromatic heterocycles. The van der Waals surface area contributed by atoms with Crippen molar-refractivity contribution in [2.24, 2.45) is 0 Å². The summed E-state index contributed by atoms with van der Waals surface area (Å²) in [4.78, 5) is 34.3. The van der Waals surface area contributed by atoms with Gasteiger partial charge in [-0.05, 0) is 13.0 Å². The fourth-order valence-electron chi connectivity index (χ4n) is 2.50. The minimum absolute atomic E-state index is 0.123. The summed E-state index contributed by atoms with van der Waals surface area (Å²) < 4.78 is 1.19. The van der Waals surface area contributed by atoms with E-state index in [9.17, 15) is 25.0 Å². The second-order valence-electron chi connectivity index (χ2n) is 4.89. The summed E-state index contributed by atoms with van der Waals surface area (Å²) in [6.45, 7) is 1.28. The number of hydrogen-bond donors (Lipinski definition) is 1. The van der Waals surface area contributed by atoms with E-state index in [0.29, 0.717) is 10.5 Å². The molecule has 0 saturated carbocycles. The molecule has 0 bridgehead atoms. The molecular weight excluding hydrogens is 326 g/mol. The van der Waals surface area contributed by atoms with Crippen molar-refractivity contribution in [1.82, 2.24) is 0 Å². The summed E-state index contributed by atoms with van der Waals surface area (Å²) in [7, 11) is 0. The van der Waals surface area contributed by atoms with Crippen molar-refractivity contribution >= 4 is 23.4 Å².